The molecule has 1 aliphatic rings. The average molecular weight is 439 g/mol. The van der Waals surface area contributed by atoms with Crippen LogP contribution in [-0.2, 0) is 17.8 Å². The number of carbonyl (C=O) groups excluding carboxylic acids is 1. The summed E-state index contributed by atoms with van der Waals surface area (Å²) < 4.78 is 15.2. The minimum Gasteiger partial charge on any atom is -0.368 e. The van der Waals surface area contributed by atoms with Crippen LogP contribution in [0.3, 0.4) is 0 Å². The first-order chi connectivity index (χ1) is 13.6. The predicted octanol–water partition coefficient (Wildman–Crippen LogP) is 5.33. The summed E-state index contributed by atoms with van der Waals surface area (Å²) in [5, 5.41) is 3.12. The number of anilines is 1. The molecule has 28 heavy (non-hydrogen) atoms. The van der Waals surface area contributed by atoms with E-state index in [1.165, 1.54) is 17.2 Å². The summed E-state index contributed by atoms with van der Waals surface area (Å²) in [7, 11) is 0. The van der Waals surface area contributed by atoms with Crippen LogP contribution in [0.1, 0.15) is 22.7 Å². The highest BCUT2D eigenvalue weighted by Crippen LogP contribution is 2.27. The van der Waals surface area contributed by atoms with E-state index in [-0.39, 0.29) is 11.7 Å². The molecular formula is C23H20BrFN2O. The maximum atomic E-state index is 14.2. The molecule has 3 aromatic rings. The Hall–Kier alpha value is -2.66. The van der Waals surface area contributed by atoms with Gasteiger partial charge in [0.25, 0.3) is 0 Å². The molecule has 1 atom stereocenters. The molecule has 1 heterocycles. The lowest BCUT2D eigenvalue weighted by atomic mass is 9.98. The SMILES string of the molecule is O=C(C(Nc1ccccc1F)c1ccc(Br)cc1)N1CCc2ccccc2C1. The van der Waals surface area contributed by atoms with E-state index < -0.39 is 6.04 Å². The van der Waals surface area contributed by atoms with Gasteiger partial charge in [-0.05, 0) is 47.4 Å². The fraction of sp³-hybridized carbons (Fsp3) is 0.174. The van der Waals surface area contributed by atoms with Crippen molar-refractivity contribution in [2.45, 2.75) is 19.0 Å². The van der Waals surface area contributed by atoms with E-state index in [1.807, 2.05) is 41.3 Å². The van der Waals surface area contributed by atoms with Crippen molar-refractivity contribution >= 4 is 27.5 Å². The zero-order valence-electron chi connectivity index (χ0n) is 15.2. The Morgan fingerprint density at radius 2 is 1.64 bits per heavy atom. The van der Waals surface area contributed by atoms with E-state index in [1.54, 1.807) is 18.2 Å². The first kappa shape index (κ1) is 18.7. The predicted molar refractivity (Wildman–Crippen MR) is 112 cm³/mol. The van der Waals surface area contributed by atoms with Crippen LogP contribution in [0.2, 0.25) is 0 Å². The second-order valence-corrected chi connectivity index (χ2v) is 7.80. The standard InChI is InChI=1S/C23H20BrFN2O/c24-19-11-9-17(10-12-19)22(26-21-8-4-3-7-20(21)25)23(28)27-14-13-16-5-1-2-6-18(16)15-27/h1-12,22,26H,13-15H2. The van der Waals surface area contributed by atoms with E-state index in [2.05, 4.69) is 33.4 Å². The molecule has 4 rings (SSSR count). The highest BCUT2D eigenvalue weighted by molar-refractivity contribution is 9.10. The number of nitrogens with one attached hydrogen (secondary N) is 1. The molecule has 3 nitrogen and oxygen atoms in total. The number of carbonyl (C=O) groups is 1. The minimum absolute atomic E-state index is 0.0555. The molecule has 0 aromatic heterocycles. The molecule has 0 saturated carbocycles. The Bertz CT molecular complexity index is 990. The first-order valence-corrected chi connectivity index (χ1v) is 10.0. The third kappa shape index (κ3) is 3.94. The number of hydrogen-bond acceptors (Lipinski definition) is 2. The maximum Gasteiger partial charge on any atom is 0.250 e. The number of nitrogens with zero attached hydrogens (tertiary/aromatic N) is 1. The number of amides is 1. The fourth-order valence-corrected chi connectivity index (χ4v) is 3.81. The lowest BCUT2D eigenvalue weighted by Crippen LogP contribution is -2.41. The van der Waals surface area contributed by atoms with Crippen LogP contribution in [0.4, 0.5) is 10.1 Å². The van der Waals surface area contributed by atoms with Gasteiger partial charge in [-0.1, -0.05) is 64.5 Å². The van der Waals surface area contributed by atoms with Crippen LogP contribution < -0.4 is 5.32 Å². The lowest BCUT2D eigenvalue weighted by molar-refractivity contribution is -0.133. The lowest BCUT2D eigenvalue weighted by Gasteiger charge is -2.32. The molecule has 0 saturated heterocycles. The van der Waals surface area contributed by atoms with Crippen molar-refractivity contribution in [2.24, 2.45) is 0 Å². The van der Waals surface area contributed by atoms with E-state index in [9.17, 15) is 9.18 Å². The Morgan fingerprint density at radius 1 is 0.964 bits per heavy atom. The molecule has 1 aliphatic heterocycles. The number of benzene rings is 3. The summed E-state index contributed by atoms with van der Waals surface area (Å²) in [6.07, 6.45) is 0.828. The van der Waals surface area contributed by atoms with Gasteiger partial charge >= 0.3 is 0 Å². The summed E-state index contributed by atoms with van der Waals surface area (Å²) in [6, 6.07) is 21.5. The van der Waals surface area contributed by atoms with Crippen LogP contribution in [0.25, 0.3) is 0 Å². The quantitative estimate of drug-likeness (QED) is 0.597. The molecule has 0 bridgehead atoms. The van der Waals surface area contributed by atoms with Crippen molar-refractivity contribution in [3.63, 3.8) is 0 Å². The van der Waals surface area contributed by atoms with Gasteiger partial charge in [0.05, 0.1) is 5.69 Å². The molecule has 1 amide bonds. The smallest absolute Gasteiger partial charge is 0.250 e. The largest absolute Gasteiger partial charge is 0.368 e. The first-order valence-electron chi connectivity index (χ1n) is 9.24. The van der Waals surface area contributed by atoms with Crippen LogP contribution in [0.15, 0.2) is 77.3 Å². The zero-order chi connectivity index (χ0) is 19.5. The van der Waals surface area contributed by atoms with Crippen LogP contribution in [0, 0.1) is 5.82 Å². The van der Waals surface area contributed by atoms with Gasteiger partial charge in [-0.15, -0.1) is 0 Å². The van der Waals surface area contributed by atoms with Gasteiger partial charge in [-0.25, -0.2) is 4.39 Å². The summed E-state index contributed by atoms with van der Waals surface area (Å²) in [6.45, 7) is 1.23. The highest BCUT2D eigenvalue weighted by Gasteiger charge is 2.29. The van der Waals surface area contributed by atoms with Crippen LogP contribution in [-0.4, -0.2) is 17.4 Å². The van der Waals surface area contributed by atoms with Crippen molar-refractivity contribution in [2.75, 3.05) is 11.9 Å². The Labute approximate surface area is 172 Å². The van der Waals surface area contributed by atoms with Crippen molar-refractivity contribution < 1.29 is 9.18 Å². The molecule has 3 aromatic carbocycles. The number of halogens is 2. The van der Waals surface area contributed by atoms with Gasteiger partial charge in [-0.2, -0.15) is 0 Å². The van der Waals surface area contributed by atoms with E-state index in [0.717, 1.165) is 16.5 Å². The van der Waals surface area contributed by atoms with Gasteiger partial charge in [-0.3, -0.25) is 4.79 Å². The average Bonchev–Trinajstić information content (AvgIpc) is 2.73. The monoisotopic (exact) mass is 438 g/mol. The third-order valence-corrected chi connectivity index (χ3v) is 5.59. The summed E-state index contributed by atoms with van der Waals surface area (Å²) in [4.78, 5) is 15.3. The highest BCUT2D eigenvalue weighted by atomic mass is 79.9. The number of para-hydroxylation sites is 1. The van der Waals surface area contributed by atoms with Crippen molar-refractivity contribution in [1.82, 2.24) is 4.90 Å². The van der Waals surface area contributed by atoms with Crippen LogP contribution >= 0.6 is 15.9 Å². The van der Waals surface area contributed by atoms with Crippen LogP contribution in [0.5, 0.6) is 0 Å². The summed E-state index contributed by atoms with van der Waals surface area (Å²) in [5.74, 6) is -0.429. The molecule has 0 spiro atoms. The minimum atomic E-state index is -0.657. The summed E-state index contributed by atoms with van der Waals surface area (Å²) >= 11 is 3.43. The molecular weight excluding hydrogens is 419 g/mol. The Kier molecular flexibility index (Phi) is 5.44. The molecule has 0 radical (unpaired) electrons. The second-order valence-electron chi connectivity index (χ2n) is 6.89. The van der Waals surface area contributed by atoms with Gasteiger partial charge in [0, 0.05) is 17.6 Å². The third-order valence-electron chi connectivity index (χ3n) is 5.07. The molecule has 5 heteroatoms. The maximum absolute atomic E-state index is 14.2. The van der Waals surface area contributed by atoms with E-state index in [4.69, 9.17) is 0 Å². The number of hydrogen-bond donors (Lipinski definition) is 1. The molecule has 0 aliphatic carbocycles. The number of fused-ring (bicyclic) bond motifs is 1. The Morgan fingerprint density at radius 3 is 2.39 bits per heavy atom. The molecule has 0 fully saturated rings. The normalized spacial score (nSPS) is 14.3. The van der Waals surface area contributed by atoms with Gasteiger partial charge in [0.2, 0.25) is 5.91 Å². The number of rotatable bonds is 4. The van der Waals surface area contributed by atoms with Crippen molar-refractivity contribution in [1.29, 1.82) is 0 Å². The molecule has 1 N–H and O–H groups in total. The van der Waals surface area contributed by atoms with Gasteiger partial charge in [0.15, 0.2) is 0 Å². The van der Waals surface area contributed by atoms with E-state index in [0.29, 0.717) is 18.8 Å². The fourth-order valence-electron chi connectivity index (χ4n) is 3.54. The Balaban J connectivity index is 1.64. The van der Waals surface area contributed by atoms with Crippen molar-refractivity contribution in [3.8, 4) is 0 Å². The van der Waals surface area contributed by atoms with Gasteiger partial charge in [0.1, 0.15) is 11.9 Å². The van der Waals surface area contributed by atoms with Crippen molar-refractivity contribution in [3.05, 3.63) is 99.8 Å². The molecule has 1 unspecified atom stereocenters. The zero-order valence-corrected chi connectivity index (χ0v) is 16.8. The summed E-state index contributed by atoms with van der Waals surface area (Å²) in [5.41, 5.74) is 3.58. The van der Waals surface area contributed by atoms with E-state index >= 15 is 0 Å². The molecule has 142 valence electrons. The second kappa shape index (κ2) is 8.15. The van der Waals surface area contributed by atoms with Gasteiger partial charge < -0.3 is 10.2 Å². The topological polar surface area (TPSA) is 32.3 Å².